The van der Waals surface area contributed by atoms with Gasteiger partial charge in [-0.3, -0.25) is 9.59 Å². The Balaban J connectivity index is 1.39. The van der Waals surface area contributed by atoms with Crippen LogP contribution >= 0.6 is 0 Å². The summed E-state index contributed by atoms with van der Waals surface area (Å²) in [5.41, 5.74) is 0.331. The number of halogens is 1. The molecule has 2 amide bonds. The van der Waals surface area contributed by atoms with Gasteiger partial charge in [0.2, 0.25) is 21.8 Å². The van der Waals surface area contributed by atoms with E-state index in [-0.39, 0.29) is 30.4 Å². The lowest BCUT2D eigenvalue weighted by Gasteiger charge is -2.32. The first kappa shape index (κ1) is 24.8. The molecule has 35 heavy (non-hydrogen) atoms. The minimum atomic E-state index is -3.66. The molecule has 1 unspecified atom stereocenters. The molecular weight excluding hydrogens is 469 g/mol. The smallest absolute Gasteiger partial charge is 0.243 e. The number of nitrogens with one attached hydrogen (secondary N) is 2. The molecule has 4 rings (SSSR count). The summed E-state index contributed by atoms with van der Waals surface area (Å²) in [7, 11) is -3.66. The molecule has 7 nitrogen and oxygen atoms in total. The third-order valence-corrected chi connectivity index (χ3v) is 8.13. The van der Waals surface area contributed by atoms with Gasteiger partial charge < -0.3 is 10.6 Å². The van der Waals surface area contributed by atoms with E-state index in [4.69, 9.17) is 0 Å². The Bertz CT molecular complexity index is 1340. The number of hydrogen-bond donors (Lipinski definition) is 2. The first-order valence-corrected chi connectivity index (χ1v) is 13.0. The fraction of sp³-hybridized carbons (Fsp3) is 0.308. The third-order valence-electron chi connectivity index (χ3n) is 6.23. The van der Waals surface area contributed by atoms with Crippen LogP contribution in [0.4, 0.5) is 4.39 Å². The Morgan fingerprint density at radius 2 is 1.66 bits per heavy atom. The molecule has 0 radical (unpaired) electrons. The molecule has 9 heteroatoms. The molecule has 1 aliphatic heterocycles. The summed E-state index contributed by atoms with van der Waals surface area (Å²) in [6.45, 7) is 1.83. The van der Waals surface area contributed by atoms with Gasteiger partial charge in [-0.15, -0.1) is 0 Å². The third kappa shape index (κ3) is 5.86. The molecule has 1 fully saturated rings. The highest BCUT2D eigenvalue weighted by molar-refractivity contribution is 7.89. The molecular formula is C26H28FN3O4S. The van der Waals surface area contributed by atoms with E-state index in [1.807, 2.05) is 24.3 Å². The van der Waals surface area contributed by atoms with Gasteiger partial charge in [0, 0.05) is 32.5 Å². The normalized spacial score (nSPS) is 16.1. The molecule has 184 valence electrons. The van der Waals surface area contributed by atoms with Gasteiger partial charge in [0.05, 0.1) is 4.90 Å². The average Bonchev–Trinajstić information content (AvgIpc) is 2.84. The van der Waals surface area contributed by atoms with Gasteiger partial charge in [0.1, 0.15) is 11.9 Å². The maximum Gasteiger partial charge on any atom is 0.243 e. The monoisotopic (exact) mass is 497 g/mol. The number of fused-ring (bicyclic) bond motifs is 1. The van der Waals surface area contributed by atoms with Crippen molar-refractivity contribution in [1.29, 1.82) is 0 Å². The van der Waals surface area contributed by atoms with Crippen LogP contribution in [-0.4, -0.2) is 49.7 Å². The van der Waals surface area contributed by atoms with Crippen molar-refractivity contribution >= 4 is 32.6 Å². The number of piperidine rings is 1. The van der Waals surface area contributed by atoms with Gasteiger partial charge in [-0.2, -0.15) is 4.31 Å². The maximum atomic E-state index is 14.1. The highest BCUT2D eigenvalue weighted by Gasteiger charge is 2.31. The molecule has 0 aromatic heterocycles. The summed E-state index contributed by atoms with van der Waals surface area (Å²) < 4.78 is 41.9. The number of rotatable bonds is 7. The van der Waals surface area contributed by atoms with E-state index in [9.17, 15) is 22.4 Å². The number of benzene rings is 3. The first-order valence-electron chi connectivity index (χ1n) is 11.5. The summed E-state index contributed by atoms with van der Waals surface area (Å²) in [5.74, 6) is -1.25. The van der Waals surface area contributed by atoms with E-state index in [0.29, 0.717) is 18.4 Å². The van der Waals surface area contributed by atoms with Crippen LogP contribution in [0.3, 0.4) is 0 Å². The number of carbonyl (C=O) groups excluding carboxylic acids is 2. The zero-order valence-electron chi connectivity index (χ0n) is 19.4. The molecule has 1 aliphatic rings. The van der Waals surface area contributed by atoms with Gasteiger partial charge in [0.15, 0.2) is 0 Å². The second-order valence-corrected chi connectivity index (χ2v) is 10.7. The number of hydrogen-bond acceptors (Lipinski definition) is 4. The molecule has 1 atom stereocenters. The molecule has 0 aliphatic carbocycles. The zero-order valence-corrected chi connectivity index (χ0v) is 20.2. The maximum absolute atomic E-state index is 14.1. The zero-order chi connectivity index (χ0) is 25.0. The minimum absolute atomic E-state index is 0.0211. The van der Waals surface area contributed by atoms with Crippen LogP contribution in [0, 0.1) is 5.82 Å². The Morgan fingerprint density at radius 1 is 1.00 bits per heavy atom. The number of sulfonamides is 1. The molecule has 1 saturated heterocycles. The molecule has 0 bridgehead atoms. The summed E-state index contributed by atoms with van der Waals surface area (Å²) in [6.07, 6.45) is 0.892. The van der Waals surface area contributed by atoms with Crippen molar-refractivity contribution in [3.05, 3.63) is 78.1 Å². The second-order valence-electron chi connectivity index (χ2n) is 8.74. The summed E-state index contributed by atoms with van der Waals surface area (Å²) in [6, 6.07) is 17.6. The van der Waals surface area contributed by atoms with Crippen LogP contribution < -0.4 is 10.6 Å². The van der Waals surface area contributed by atoms with Crippen molar-refractivity contribution in [3.8, 4) is 0 Å². The van der Waals surface area contributed by atoms with E-state index >= 15 is 0 Å². The van der Waals surface area contributed by atoms with Crippen molar-refractivity contribution in [2.45, 2.75) is 43.2 Å². The van der Waals surface area contributed by atoms with Crippen LogP contribution in [0.2, 0.25) is 0 Å². The number of nitrogens with zero attached hydrogens (tertiary/aromatic N) is 1. The second kappa shape index (κ2) is 10.5. The van der Waals surface area contributed by atoms with E-state index in [2.05, 4.69) is 10.6 Å². The van der Waals surface area contributed by atoms with E-state index in [1.165, 1.54) is 17.3 Å². The molecule has 1 heterocycles. The molecule has 0 saturated carbocycles. The van der Waals surface area contributed by atoms with Gasteiger partial charge in [-0.05, 0) is 47.4 Å². The van der Waals surface area contributed by atoms with Crippen molar-refractivity contribution < 1.29 is 22.4 Å². The van der Waals surface area contributed by atoms with Gasteiger partial charge in [-0.25, -0.2) is 12.8 Å². The largest absolute Gasteiger partial charge is 0.351 e. The van der Waals surface area contributed by atoms with Crippen LogP contribution in [0.15, 0.2) is 71.6 Å². The van der Waals surface area contributed by atoms with Crippen molar-refractivity contribution in [2.75, 3.05) is 13.1 Å². The average molecular weight is 498 g/mol. The van der Waals surface area contributed by atoms with E-state index < -0.39 is 33.7 Å². The molecule has 3 aromatic rings. The molecule has 3 aromatic carbocycles. The van der Waals surface area contributed by atoms with Gasteiger partial charge in [0.25, 0.3) is 0 Å². The van der Waals surface area contributed by atoms with Crippen molar-refractivity contribution in [1.82, 2.24) is 14.9 Å². The Hall–Kier alpha value is -3.30. The summed E-state index contributed by atoms with van der Waals surface area (Å²) >= 11 is 0. The lowest BCUT2D eigenvalue weighted by Crippen LogP contribution is -2.53. The topological polar surface area (TPSA) is 95.6 Å². The number of amides is 2. The van der Waals surface area contributed by atoms with Crippen molar-refractivity contribution in [2.24, 2.45) is 0 Å². The summed E-state index contributed by atoms with van der Waals surface area (Å²) in [5, 5.41) is 7.32. The van der Waals surface area contributed by atoms with Crippen LogP contribution in [0.1, 0.15) is 25.3 Å². The Morgan fingerprint density at radius 3 is 2.34 bits per heavy atom. The lowest BCUT2D eigenvalue weighted by molar-refractivity contribution is -0.128. The highest BCUT2D eigenvalue weighted by Crippen LogP contribution is 2.24. The standard InChI is InChI=1S/C26H28FN3O4S/c1-18(31)28-25(17-21-8-4-5-9-24(21)27)26(32)29-22-12-14-30(15-13-22)35(33,34)23-11-10-19-6-2-3-7-20(19)16-23/h2-11,16,22,25H,12-15,17H2,1H3,(H,28,31)(H,29,32). The molecule has 0 spiro atoms. The fourth-order valence-electron chi connectivity index (χ4n) is 4.36. The predicted octanol–water partition coefficient (Wildman–Crippen LogP) is 3.00. The van der Waals surface area contributed by atoms with Crippen LogP contribution in [0.25, 0.3) is 10.8 Å². The van der Waals surface area contributed by atoms with Crippen LogP contribution in [0.5, 0.6) is 0 Å². The fourth-order valence-corrected chi connectivity index (χ4v) is 5.86. The SMILES string of the molecule is CC(=O)NC(Cc1ccccc1F)C(=O)NC1CCN(S(=O)(=O)c2ccc3ccccc3c2)CC1. The van der Waals surface area contributed by atoms with Gasteiger partial charge in [-0.1, -0.05) is 48.5 Å². The number of carbonyl (C=O) groups is 2. The van der Waals surface area contributed by atoms with E-state index in [0.717, 1.165) is 10.8 Å². The van der Waals surface area contributed by atoms with E-state index in [1.54, 1.807) is 36.4 Å². The first-order chi connectivity index (χ1) is 16.7. The Labute approximate surface area is 204 Å². The van der Waals surface area contributed by atoms with Crippen LogP contribution in [-0.2, 0) is 26.0 Å². The quantitative estimate of drug-likeness (QED) is 0.525. The summed E-state index contributed by atoms with van der Waals surface area (Å²) in [4.78, 5) is 24.8. The Kier molecular flexibility index (Phi) is 7.47. The highest BCUT2D eigenvalue weighted by atomic mass is 32.2. The minimum Gasteiger partial charge on any atom is -0.351 e. The lowest BCUT2D eigenvalue weighted by atomic mass is 10.0. The molecule has 2 N–H and O–H groups in total. The van der Waals surface area contributed by atoms with Gasteiger partial charge >= 0.3 is 0 Å². The predicted molar refractivity (Wildman–Crippen MR) is 132 cm³/mol. The van der Waals surface area contributed by atoms with Crippen molar-refractivity contribution in [3.63, 3.8) is 0 Å².